The zero-order chi connectivity index (χ0) is 19.8. The van der Waals surface area contributed by atoms with E-state index in [1.807, 2.05) is 24.4 Å². The third kappa shape index (κ3) is 3.25. The summed E-state index contributed by atoms with van der Waals surface area (Å²) in [7, 11) is 0. The topological polar surface area (TPSA) is 33.1 Å². The Labute approximate surface area is 179 Å². The fourth-order valence-corrected chi connectivity index (χ4v) is 4.94. The summed E-state index contributed by atoms with van der Waals surface area (Å²) in [5.74, 6) is 0. The van der Waals surface area contributed by atoms with E-state index in [4.69, 9.17) is 12.2 Å². The average molecular weight is 455 g/mol. The summed E-state index contributed by atoms with van der Waals surface area (Å²) in [6, 6.07) is 16.9. The van der Waals surface area contributed by atoms with E-state index in [1.165, 1.54) is 17.0 Å². The van der Waals surface area contributed by atoms with Crippen LogP contribution in [0.15, 0.2) is 59.2 Å². The van der Waals surface area contributed by atoms with Gasteiger partial charge < -0.3 is 14.8 Å². The molecule has 0 unspecified atom stereocenters. The van der Waals surface area contributed by atoms with Crippen LogP contribution in [0, 0.1) is 13.8 Å². The van der Waals surface area contributed by atoms with Gasteiger partial charge in [0.25, 0.3) is 0 Å². The highest BCUT2D eigenvalue weighted by Crippen LogP contribution is 2.41. The lowest BCUT2D eigenvalue weighted by molar-refractivity contribution is 0.329. The van der Waals surface area contributed by atoms with Gasteiger partial charge in [-0.3, -0.25) is 4.98 Å². The van der Waals surface area contributed by atoms with Crippen LogP contribution in [0.25, 0.3) is 5.69 Å². The maximum Gasteiger partial charge on any atom is 0.170 e. The molecule has 2 aromatic heterocycles. The fraction of sp³-hybridized carbons (Fsp3) is 0.273. The van der Waals surface area contributed by atoms with Gasteiger partial charge >= 0.3 is 0 Å². The van der Waals surface area contributed by atoms with Crippen molar-refractivity contribution in [3.05, 3.63) is 81.8 Å². The summed E-state index contributed by atoms with van der Waals surface area (Å²) >= 11 is 9.25. The average Bonchev–Trinajstić information content (AvgIpc) is 3.17. The first-order valence-corrected chi connectivity index (χ1v) is 10.6. The van der Waals surface area contributed by atoms with E-state index in [2.05, 4.69) is 86.8 Å². The van der Waals surface area contributed by atoms with E-state index >= 15 is 0 Å². The summed E-state index contributed by atoms with van der Waals surface area (Å²) < 4.78 is 3.38. The third-order valence-electron chi connectivity index (χ3n) is 5.39. The second-order valence-corrected chi connectivity index (χ2v) is 8.36. The van der Waals surface area contributed by atoms with Crippen LogP contribution in [-0.2, 0) is 0 Å². The minimum atomic E-state index is 0.0325. The van der Waals surface area contributed by atoms with Crippen LogP contribution >= 0.6 is 28.1 Å². The van der Waals surface area contributed by atoms with Gasteiger partial charge in [0.15, 0.2) is 5.11 Å². The quantitative estimate of drug-likeness (QED) is 0.546. The SMILES string of the molecule is CCN1C(=S)N[C@@H](c2ccccn2)[C@@H]1c1cc(C)n(-c2cccc(Br)c2)c1C. The number of thiocarbonyl (C=S) groups is 1. The van der Waals surface area contributed by atoms with Crippen molar-refractivity contribution in [2.24, 2.45) is 0 Å². The fourth-order valence-electron chi connectivity index (χ4n) is 4.18. The molecule has 0 spiro atoms. The van der Waals surface area contributed by atoms with Crippen molar-refractivity contribution >= 4 is 33.3 Å². The molecule has 1 fully saturated rings. The Bertz CT molecular complexity index is 1010. The van der Waals surface area contributed by atoms with E-state index in [0.29, 0.717) is 0 Å². The van der Waals surface area contributed by atoms with Crippen molar-refractivity contribution < 1.29 is 0 Å². The Morgan fingerprint density at radius 1 is 1.14 bits per heavy atom. The van der Waals surface area contributed by atoms with E-state index in [1.54, 1.807) is 0 Å². The second kappa shape index (κ2) is 7.68. The Kier molecular flexibility index (Phi) is 5.25. The Morgan fingerprint density at radius 2 is 1.96 bits per heavy atom. The Morgan fingerprint density at radius 3 is 2.64 bits per heavy atom. The highest BCUT2D eigenvalue weighted by atomic mass is 79.9. The van der Waals surface area contributed by atoms with Gasteiger partial charge in [-0.15, -0.1) is 0 Å². The number of nitrogens with one attached hydrogen (secondary N) is 1. The number of pyridine rings is 1. The molecule has 0 bridgehead atoms. The van der Waals surface area contributed by atoms with Crippen molar-refractivity contribution in [2.45, 2.75) is 32.9 Å². The van der Waals surface area contributed by atoms with Gasteiger partial charge in [-0.25, -0.2) is 0 Å². The van der Waals surface area contributed by atoms with Crippen LogP contribution in [0.1, 0.15) is 41.7 Å². The molecule has 6 heteroatoms. The van der Waals surface area contributed by atoms with Crippen molar-refractivity contribution in [3.8, 4) is 5.69 Å². The first-order chi connectivity index (χ1) is 13.5. The van der Waals surface area contributed by atoms with Gasteiger partial charge in [0, 0.05) is 34.3 Å². The van der Waals surface area contributed by atoms with Gasteiger partial charge in [-0.05, 0) is 75.0 Å². The molecule has 4 rings (SSSR count). The van der Waals surface area contributed by atoms with Crippen LogP contribution in [0.4, 0.5) is 0 Å². The zero-order valence-corrected chi connectivity index (χ0v) is 18.6. The number of aromatic nitrogens is 2. The minimum Gasteiger partial charge on any atom is -0.352 e. The Balaban J connectivity index is 1.84. The molecule has 0 amide bonds. The third-order valence-corrected chi connectivity index (χ3v) is 6.24. The van der Waals surface area contributed by atoms with Gasteiger partial charge in [-0.1, -0.05) is 28.1 Å². The summed E-state index contributed by atoms with van der Waals surface area (Å²) in [4.78, 5) is 6.87. The molecule has 0 aliphatic carbocycles. The van der Waals surface area contributed by atoms with Crippen LogP contribution in [0.3, 0.4) is 0 Å². The van der Waals surface area contributed by atoms with E-state index in [0.717, 1.165) is 27.5 Å². The lowest BCUT2D eigenvalue weighted by Crippen LogP contribution is -2.29. The molecule has 0 radical (unpaired) electrons. The number of hydrogen-bond acceptors (Lipinski definition) is 2. The molecule has 1 aromatic carbocycles. The maximum atomic E-state index is 5.66. The lowest BCUT2D eigenvalue weighted by atomic mass is 9.97. The van der Waals surface area contributed by atoms with Crippen LogP contribution in [-0.4, -0.2) is 26.1 Å². The van der Waals surface area contributed by atoms with Crippen LogP contribution in [0.2, 0.25) is 0 Å². The van der Waals surface area contributed by atoms with Crippen molar-refractivity contribution in [2.75, 3.05) is 6.54 Å². The number of hydrogen-bond donors (Lipinski definition) is 1. The Hall–Kier alpha value is -2.18. The normalized spacial score (nSPS) is 19.1. The number of aryl methyl sites for hydroxylation is 1. The van der Waals surface area contributed by atoms with Gasteiger partial charge in [0.2, 0.25) is 0 Å². The first kappa shape index (κ1) is 19.2. The van der Waals surface area contributed by atoms with Gasteiger partial charge in [-0.2, -0.15) is 0 Å². The molecule has 1 aliphatic heterocycles. The minimum absolute atomic E-state index is 0.0325. The lowest BCUT2D eigenvalue weighted by Gasteiger charge is -2.27. The second-order valence-electron chi connectivity index (χ2n) is 7.05. The van der Waals surface area contributed by atoms with Crippen LogP contribution in [0.5, 0.6) is 0 Å². The summed E-state index contributed by atoms with van der Waals surface area (Å²) in [6.07, 6.45) is 1.84. The zero-order valence-electron chi connectivity index (χ0n) is 16.2. The van der Waals surface area contributed by atoms with Gasteiger partial charge in [0.05, 0.1) is 17.8 Å². The first-order valence-electron chi connectivity index (χ1n) is 9.44. The molecule has 3 heterocycles. The van der Waals surface area contributed by atoms with Crippen LogP contribution < -0.4 is 5.32 Å². The highest BCUT2D eigenvalue weighted by molar-refractivity contribution is 9.10. The number of rotatable bonds is 4. The molecule has 4 nitrogen and oxygen atoms in total. The maximum absolute atomic E-state index is 5.66. The smallest absolute Gasteiger partial charge is 0.170 e. The monoisotopic (exact) mass is 454 g/mol. The highest BCUT2D eigenvalue weighted by Gasteiger charge is 2.40. The van der Waals surface area contributed by atoms with E-state index in [-0.39, 0.29) is 12.1 Å². The van der Waals surface area contributed by atoms with Crippen molar-refractivity contribution in [3.63, 3.8) is 0 Å². The van der Waals surface area contributed by atoms with E-state index in [9.17, 15) is 0 Å². The summed E-state index contributed by atoms with van der Waals surface area (Å²) in [5.41, 5.74) is 5.88. The van der Waals surface area contributed by atoms with Crippen molar-refractivity contribution in [1.82, 2.24) is 19.8 Å². The van der Waals surface area contributed by atoms with Gasteiger partial charge in [0.1, 0.15) is 0 Å². The standard InChI is InChI=1S/C22H23BrN4S/c1-4-26-21(20(25-22(26)28)19-10-5-6-11-24-19)18-12-14(2)27(15(18)3)17-9-7-8-16(23)13-17/h5-13,20-21H,4H2,1-3H3,(H,25,28)/t20-,21-/m0/s1. The predicted molar refractivity (Wildman–Crippen MR) is 121 cm³/mol. The molecule has 1 saturated heterocycles. The molecular weight excluding hydrogens is 432 g/mol. The predicted octanol–water partition coefficient (Wildman–Crippen LogP) is 5.24. The van der Waals surface area contributed by atoms with E-state index < -0.39 is 0 Å². The number of halogens is 1. The molecule has 1 aliphatic rings. The largest absolute Gasteiger partial charge is 0.352 e. The molecular formula is C22H23BrN4S. The number of benzene rings is 1. The molecule has 28 heavy (non-hydrogen) atoms. The summed E-state index contributed by atoms with van der Waals surface area (Å²) in [6.45, 7) is 7.34. The number of likely N-dealkylation sites (N-methyl/N-ethyl adjacent to an activating group) is 1. The van der Waals surface area contributed by atoms with Crippen molar-refractivity contribution in [1.29, 1.82) is 0 Å². The molecule has 1 N–H and O–H groups in total. The molecule has 144 valence electrons. The number of nitrogens with zero attached hydrogens (tertiary/aromatic N) is 3. The molecule has 0 saturated carbocycles. The summed E-state index contributed by atoms with van der Waals surface area (Å²) in [5, 5.41) is 4.29. The molecule has 2 atom stereocenters. The molecule has 3 aromatic rings.